The Morgan fingerprint density at radius 3 is 2.59 bits per heavy atom. The van der Waals surface area contributed by atoms with Crippen molar-refractivity contribution in [3.63, 3.8) is 0 Å². The van der Waals surface area contributed by atoms with Gasteiger partial charge in [0.25, 0.3) is 11.8 Å². The molecule has 3 aromatic rings. The topological polar surface area (TPSA) is 69.0 Å². The SMILES string of the molecule is O=C(NC1CCOCC1)c1csc(-c2c(-c3ccc(F)cc3)ncn2C2CC(F)(F)C2)n1. The van der Waals surface area contributed by atoms with Crippen LogP contribution < -0.4 is 5.32 Å². The number of rotatable bonds is 5. The lowest BCUT2D eigenvalue weighted by Crippen LogP contribution is -2.39. The van der Waals surface area contributed by atoms with Gasteiger partial charge >= 0.3 is 0 Å². The Morgan fingerprint density at radius 2 is 1.91 bits per heavy atom. The molecule has 3 heterocycles. The lowest BCUT2D eigenvalue weighted by atomic mass is 9.88. The number of hydrogen-bond donors (Lipinski definition) is 1. The second-order valence-electron chi connectivity index (χ2n) is 8.17. The maximum absolute atomic E-state index is 13.6. The first-order valence-corrected chi connectivity index (χ1v) is 11.3. The van der Waals surface area contributed by atoms with Crippen molar-refractivity contribution in [1.29, 1.82) is 0 Å². The number of aromatic nitrogens is 3. The van der Waals surface area contributed by atoms with Crippen LogP contribution in [0.1, 0.15) is 42.2 Å². The van der Waals surface area contributed by atoms with Crippen LogP contribution in [0, 0.1) is 5.82 Å². The molecule has 2 fully saturated rings. The Kier molecular flexibility index (Phi) is 5.50. The molecule has 1 amide bonds. The summed E-state index contributed by atoms with van der Waals surface area (Å²) in [6.45, 7) is 1.22. The average Bonchev–Trinajstić information content (AvgIpc) is 3.40. The summed E-state index contributed by atoms with van der Waals surface area (Å²) >= 11 is 1.26. The summed E-state index contributed by atoms with van der Waals surface area (Å²) in [5.41, 5.74) is 2.00. The van der Waals surface area contributed by atoms with Gasteiger partial charge in [0.15, 0.2) is 0 Å². The molecule has 1 saturated heterocycles. The largest absolute Gasteiger partial charge is 0.381 e. The van der Waals surface area contributed by atoms with Crippen molar-refractivity contribution in [2.45, 2.75) is 43.7 Å². The predicted molar refractivity (Wildman–Crippen MR) is 113 cm³/mol. The van der Waals surface area contributed by atoms with E-state index in [0.717, 1.165) is 12.8 Å². The molecule has 5 rings (SSSR count). The van der Waals surface area contributed by atoms with Crippen LogP contribution in [0.15, 0.2) is 36.0 Å². The minimum absolute atomic E-state index is 0.0407. The second-order valence-corrected chi connectivity index (χ2v) is 9.03. The predicted octanol–water partition coefficient (Wildman–Crippen LogP) is 4.69. The van der Waals surface area contributed by atoms with Crippen molar-refractivity contribution in [3.8, 4) is 22.0 Å². The minimum Gasteiger partial charge on any atom is -0.381 e. The van der Waals surface area contributed by atoms with Gasteiger partial charge in [-0.3, -0.25) is 4.79 Å². The van der Waals surface area contributed by atoms with Crippen LogP contribution in [0.25, 0.3) is 22.0 Å². The molecular formula is C22H21F3N4O2S. The van der Waals surface area contributed by atoms with E-state index in [1.165, 1.54) is 29.8 Å². The van der Waals surface area contributed by atoms with E-state index in [-0.39, 0.29) is 36.3 Å². The molecule has 6 nitrogen and oxygen atoms in total. The molecule has 0 unspecified atom stereocenters. The second kappa shape index (κ2) is 8.32. The van der Waals surface area contributed by atoms with Crippen LogP contribution in [0.2, 0.25) is 0 Å². The van der Waals surface area contributed by atoms with E-state index >= 15 is 0 Å². The number of nitrogens with zero attached hydrogens (tertiary/aromatic N) is 3. The van der Waals surface area contributed by atoms with Gasteiger partial charge in [0.1, 0.15) is 22.2 Å². The van der Waals surface area contributed by atoms with E-state index in [1.807, 2.05) is 0 Å². The highest BCUT2D eigenvalue weighted by molar-refractivity contribution is 7.13. The highest BCUT2D eigenvalue weighted by Gasteiger charge is 2.47. The average molecular weight is 462 g/mol. The fraction of sp³-hybridized carbons (Fsp3) is 0.409. The lowest BCUT2D eigenvalue weighted by molar-refractivity contribution is -0.103. The first-order chi connectivity index (χ1) is 15.4. The third-order valence-corrected chi connectivity index (χ3v) is 6.72. The third-order valence-electron chi connectivity index (χ3n) is 5.87. The Morgan fingerprint density at radius 1 is 1.19 bits per heavy atom. The number of halogens is 3. The number of imidazole rings is 1. The number of hydrogen-bond acceptors (Lipinski definition) is 5. The van der Waals surface area contributed by atoms with Gasteiger partial charge in [0, 0.05) is 49.1 Å². The van der Waals surface area contributed by atoms with Crippen molar-refractivity contribution in [3.05, 3.63) is 47.5 Å². The van der Waals surface area contributed by atoms with Gasteiger partial charge < -0.3 is 14.6 Å². The molecule has 0 radical (unpaired) electrons. The standard InChI is InChI=1S/C22H21F3N4O2S/c23-14-3-1-13(2-4-14)18-19(29(12-26-18)16-9-22(24,25)10-16)21-28-17(11-32-21)20(30)27-15-5-7-31-8-6-15/h1-4,11-12,15-16H,5-10H2,(H,27,30). The molecule has 0 spiro atoms. The Bertz CT molecular complexity index is 1110. The highest BCUT2D eigenvalue weighted by Crippen LogP contribution is 2.48. The van der Waals surface area contributed by atoms with Crippen molar-refractivity contribution >= 4 is 17.2 Å². The lowest BCUT2D eigenvalue weighted by Gasteiger charge is -2.36. The van der Waals surface area contributed by atoms with Crippen molar-refractivity contribution in [1.82, 2.24) is 19.9 Å². The first kappa shape index (κ1) is 21.1. The number of ether oxygens (including phenoxy) is 1. The molecule has 1 N–H and O–H groups in total. The zero-order valence-corrected chi connectivity index (χ0v) is 17.9. The number of carbonyl (C=O) groups excluding carboxylic acids is 1. The molecule has 0 bridgehead atoms. The summed E-state index contributed by atoms with van der Waals surface area (Å²) in [4.78, 5) is 21.6. The molecule has 168 valence electrons. The molecule has 32 heavy (non-hydrogen) atoms. The van der Waals surface area contributed by atoms with Gasteiger partial charge in [-0.15, -0.1) is 11.3 Å². The molecular weight excluding hydrogens is 441 g/mol. The smallest absolute Gasteiger partial charge is 0.270 e. The molecule has 1 saturated carbocycles. The Hall–Kier alpha value is -2.72. The summed E-state index contributed by atoms with van der Waals surface area (Å²) in [6.07, 6.45) is 2.47. The molecule has 2 aromatic heterocycles. The molecule has 1 aliphatic heterocycles. The summed E-state index contributed by atoms with van der Waals surface area (Å²) in [6, 6.07) is 5.46. The van der Waals surface area contributed by atoms with E-state index < -0.39 is 12.0 Å². The van der Waals surface area contributed by atoms with Crippen LogP contribution in [-0.2, 0) is 4.74 Å². The maximum Gasteiger partial charge on any atom is 0.270 e. The van der Waals surface area contributed by atoms with Crippen LogP contribution >= 0.6 is 11.3 Å². The van der Waals surface area contributed by atoms with Crippen LogP contribution in [-0.4, -0.2) is 45.6 Å². The normalized spacial score (nSPS) is 19.0. The molecule has 10 heteroatoms. The van der Waals surface area contributed by atoms with Gasteiger partial charge in [-0.05, 0) is 37.1 Å². The van der Waals surface area contributed by atoms with Gasteiger partial charge in [0.05, 0.1) is 12.0 Å². The number of nitrogens with one attached hydrogen (secondary N) is 1. The summed E-state index contributed by atoms with van der Waals surface area (Å²) in [5.74, 6) is -3.35. The molecule has 1 aliphatic carbocycles. The number of benzene rings is 1. The highest BCUT2D eigenvalue weighted by atomic mass is 32.1. The van der Waals surface area contributed by atoms with Crippen LogP contribution in [0.4, 0.5) is 13.2 Å². The molecule has 1 aromatic carbocycles. The van der Waals surface area contributed by atoms with Gasteiger partial charge in [-0.25, -0.2) is 23.1 Å². The van der Waals surface area contributed by atoms with Crippen molar-refractivity contribution in [2.75, 3.05) is 13.2 Å². The van der Waals surface area contributed by atoms with Gasteiger partial charge in [0.2, 0.25) is 0 Å². The van der Waals surface area contributed by atoms with E-state index in [1.54, 1.807) is 22.1 Å². The van der Waals surface area contributed by atoms with Crippen molar-refractivity contribution in [2.24, 2.45) is 0 Å². The monoisotopic (exact) mass is 462 g/mol. The first-order valence-electron chi connectivity index (χ1n) is 10.4. The summed E-state index contributed by atoms with van der Waals surface area (Å²) < 4.78 is 47.6. The number of amides is 1. The van der Waals surface area contributed by atoms with Crippen molar-refractivity contribution < 1.29 is 22.7 Å². The van der Waals surface area contributed by atoms with E-state index in [0.29, 0.717) is 35.2 Å². The maximum atomic E-state index is 13.6. The third kappa shape index (κ3) is 4.16. The fourth-order valence-electron chi connectivity index (χ4n) is 4.08. The van der Waals surface area contributed by atoms with E-state index in [9.17, 15) is 18.0 Å². The number of carbonyl (C=O) groups is 1. The van der Waals surface area contributed by atoms with Crippen LogP contribution in [0.3, 0.4) is 0 Å². The zero-order chi connectivity index (χ0) is 22.3. The number of alkyl halides is 2. The van der Waals surface area contributed by atoms with Crippen LogP contribution in [0.5, 0.6) is 0 Å². The van der Waals surface area contributed by atoms with E-state index in [4.69, 9.17) is 4.74 Å². The quantitative estimate of drug-likeness (QED) is 0.597. The van der Waals surface area contributed by atoms with E-state index in [2.05, 4.69) is 15.3 Å². The van der Waals surface area contributed by atoms with Gasteiger partial charge in [-0.1, -0.05) is 0 Å². The minimum atomic E-state index is -2.69. The summed E-state index contributed by atoms with van der Waals surface area (Å²) in [7, 11) is 0. The molecule has 2 aliphatic rings. The molecule has 0 atom stereocenters. The fourth-order valence-corrected chi connectivity index (χ4v) is 4.93. The number of thiazole rings is 1. The zero-order valence-electron chi connectivity index (χ0n) is 17.1. The summed E-state index contributed by atoms with van der Waals surface area (Å²) in [5, 5.41) is 5.15. The Balaban J connectivity index is 1.47. The Labute approximate surface area is 186 Å². The van der Waals surface area contributed by atoms with Gasteiger partial charge in [-0.2, -0.15) is 0 Å².